The molecule has 2 N–H and O–H groups in total. The van der Waals surface area contributed by atoms with Crippen LogP contribution in [0.15, 0.2) is 18.2 Å². The summed E-state index contributed by atoms with van der Waals surface area (Å²) in [7, 11) is 1.61. The summed E-state index contributed by atoms with van der Waals surface area (Å²) in [6, 6.07) is 5.27. The summed E-state index contributed by atoms with van der Waals surface area (Å²) in [6.45, 7) is 2.74. The van der Waals surface area contributed by atoms with Gasteiger partial charge in [0.2, 0.25) is 0 Å². The molecule has 0 radical (unpaired) electrons. The molecule has 2 fully saturated rings. The number of amides is 2. The number of benzene rings is 1. The Morgan fingerprint density at radius 2 is 1.93 bits per heavy atom. The van der Waals surface area contributed by atoms with E-state index >= 15 is 0 Å². The first-order valence-corrected chi connectivity index (χ1v) is 10.1. The highest BCUT2D eigenvalue weighted by Crippen LogP contribution is 2.33. The first kappa shape index (κ1) is 20.3. The van der Waals surface area contributed by atoms with Gasteiger partial charge in [0.25, 0.3) is 0 Å². The molecule has 7 nitrogen and oxygen atoms in total. The van der Waals surface area contributed by atoms with E-state index in [4.69, 9.17) is 9.47 Å². The first-order chi connectivity index (χ1) is 13.5. The van der Waals surface area contributed by atoms with Crippen molar-refractivity contribution in [2.24, 2.45) is 5.92 Å². The van der Waals surface area contributed by atoms with E-state index in [1.807, 2.05) is 25.1 Å². The number of nitrogens with zero attached hydrogens (tertiary/aromatic N) is 1. The number of hydrogen-bond donors (Lipinski definition) is 2. The molecule has 0 aromatic heterocycles. The summed E-state index contributed by atoms with van der Waals surface area (Å²) in [5.74, 6) is 0.0708. The van der Waals surface area contributed by atoms with Crippen molar-refractivity contribution in [1.82, 2.24) is 10.2 Å². The van der Waals surface area contributed by atoms with E-state index in [1.54, 1.807) is 12.0 Å². The van der Waals surface area contributed by atoms with Gasteiger partial charge >= 0.3 is 12.0 Å². The van der Waals surface area contributed by atoms with Crippen LogP contribution >= 0.6 is 0 Å². The molecular formula is C21H30N2O5. The average molecular weight is 390 g/mol. The third-order valence-electron chi connectivity index (χ3n) is 5.68. The molecule has 1 aromatic rings. The fraction of sp³-hybridized carbons (Fsp3) is 0.619. The van der Waals surface area contributed by atoms with Gasteiger partial charge in [0.05, 0.1) is 25.2 Å². The standard InChI is InChI=1S/C21H30N2O5/c1-14(22-21(26)23-11-5-6-16(13-23)20(24)25)15-9-10-18(19(12-15)27-2)28-17-7-3-4-8-17/h9-10,12,14,16-17H,3-8,11,13H2,1-2H3,(H,22,26)(H,24,25). The maximum Gasteiger partial charge on any atom is 0.317 e. The normalized spacial score (nSPS) is 21.2. The van der Waals surface area contributed by atoms with Crippen molar-refractivity contribution in [1.29, 1.82) is 0 Å². The first-order valence-electron chi connectivity index (χ1n) is 10.1. The molecular weight excluding hydrogens is 360 g/mol. The van der Waals surface area contributed by atoms with Crippen molar-refractivity contribution < 1.29 is 24.2 Å². The van der Waals surface area contributed by atoms with Crippen LogP contribution in [0.1, 0.15) is 57.1 Å². The quantitative estimate of drug-likeness (QED) is 0.775. The Morgan fingerprint density at radius 3 is 2.61 bits per heavy atom. The van der Waals surface area contributed by atoms with Crippen LogP contribution < -0.4 is 14.8 Å². The van der Waals surface area contributed by atoms with Crippen molar-refractivity contribution in [3.05, 3.63) is 23.8 Å². The van der Waals surface area contributed by atoms with Crippen LogP contribution in [0.4, 0.5) is 4.79 Å². The number of piperidine rings is 1. The Balaban J connectivity index is 1.62. The number of hydrogen-bond acceptors (Lipinski definition) is 4. The van der Waals surface area contributed by atoms with Gasteiger partial charge in [-0.05, 0) is 63.1 Å². The molecule has 1 aliphatic heterocycles. The summed E-state index contributed by atoms with van der Waals surface area (Å²) in [4.78, 5) is 25.4. The number of aliphatic carboxylic acids is 1. The van der Waals surface area contributed by atoms with E-state index in [2.05, 4.69) is 5.32 Å². The fourth-order valence-electron chi connectivity index (χ4n) is 3.96. The highest BCUT2D eigenvalue weighted by molar-refractivity contribution is 5.77. The lowest BCUT2D eigenvalue weighted by Gasteiger charge is -2.31. The van der Waals surface area contributed by atoms with E-state index < -0.39 is 11.9 Å². The molecule has 1 heterocycles. The van der Waals surface area contributed by atoms with Gasteiger partial charge in [0, 0.05) is 13.1 Å². The fourth-order valence-corrected chi connectivity index (χ4v) is 3.96. The van der Waals surface area contributed by atoms with Gasteiger partial charge in [0.15, 0.2) is 11.5 Å². The van der Waals surface area contributed by atoms with Crippen molar-refractivity contribution in [3.8, 4) is 11.5 Å². The lowest BCUT2D eigenvalue weighted by Crippen LogP contribution is -2.47. The molecule has 0 spiro atoms. The molecule has 1 aromatic carbocycles. The van der Waals surface area contributed by atoms with E-state index in [0.717, 1.165) is 24.2 Å². The summed E-state index contributed by atoms with van der Waals surface area (Å²) in [6.07, 6.45) is 6.13. The maximum absolute atomic E-state index is 12.6. The summed E-state index contributed by atoms with van der Waals surface area (Å²) in [5, 5.41) is 12.2. The number of carboxylic acid groups (broad SMARTS) is 1. The topological polar surface area (TPSA) is 88.1 Å². The molecule has 3 rings (SSSR count). The smallest absolute Gasteiger partial charge is 0.317 e. The van der Waals surface area contributed by atoms with Gasteiger partial charge in [-0.3, -0.25) is 4.79 Å². The minimum atomic E-state index is -0.840. The Bertz CT molecular complexity index is 702. The zero-order chi connectivity index (χ0) is 20.1. The van der Waals surface area contributed by atoms with E-state index in [0.29, 0.717) is 25.1 Å². The molecule has 0 bridgehead atoms. The summed E-state index contributed by atoms with van der Waals surface area (Å²) in [5.41, 5.74) is 0.913. The Hall–Kier alpha value is -2.44. The number of nitrogens with one attached hydrogen (secondary N) is 1. The van der Waals surface area contributed by atoms with Gasteiger partial charge in [-0.1, -0.05) is 6.07 Å². The average Bonchev–Trinajstić information content (AvgIpc) is 3.21. The molecule has 2 aliphatic rings. The zero-order valence-corrected chi connectivity index (χ0v) is 16.6. The van der Waals surface area contributed by atoms with Crippen LogP contribution in [0.3, 0.4) is 0 Å². The largest absolute Gasteiger partial charge is 0.493 e. The highest BCUT2D eigenvalue weighted by atomic mass is 16.5. The van der Waals surface area contributed by atoms with Crippen LogP contribution in [0.2, 0.25) is 0 Å². The maximum atomic E-state index is 12.6. The highest BCUT2D eigenvalue weighted by Gasteiger charge is 2.29. The number of urea groups is 1. The minimum absolute atomic E-state index is 0.230. The van der Waals surface area contributed by atoms with Crippen molar-refractivity contribution in [2.75, 3.05) is 20.2 Å². The number of carbonyl (C=O) groups excluding carboxylic acids is 1. The second kappa shape index (κ2) is 9.17. The monoisotopic (exact) mass is 390 g/mol. The summed E-state index contributed by atoms with van der Waals surface area (Å²) >= 11 is 0. The molecule has 2 unspecified atom stereocenters. The molecule has 2 amide bonds. The Labute approximate surface area is 166 Å². The minimum Gasteiger partial charge on any atom is -0.493 e. The summed E-state index contributed by atoms with van der Waals surface area (Å²) < 4.78 is 11.6. The molecule has 1 saturated heterocycles. The number of rotatable bonds is 6. The van der Waals surface area contributed by atoms with E-state index in [-0.39, 0.29) is 24.7 Å². The predicted octanol–water partition coefficient (Wildman–Crippen LogP) is 3.58. The lowest BCUT2D eigenvalue weighted by molar-refractivity contribution is -0.143. The van der Waals surface area contributed by atoms with Crippen LogP contribution in [-0.4, -0.2) is 48.3 Å². The lowest BCUT2D eigenvalue weighted by atomic mass is 9.98. The number of methoxy groups -OCH3 is 1. The second-order valence-corrected chi connectivity index (χ2v) is 7.73. The van der Waals surface area contributed by atoms with Gasteiger partial charge in [-0.2, -0.15) is 0 Å². The van der Waals surface area contributed by atoms with Crippen molar-refractivity contribution in [2.45, 2.75) is 57.6 Å². The second-order valence-electron chi connectivity index (χ2n) is 7.73. The van der Waals surface area contributed by atoms with Crippen LogP contribution in [0.25, 0.3) is 0 Å². The van der Waals surface area contributed by atoms with Crippen molar-refractivity contribution >= 4 is 12.0 Å². The third-order valence-corrected chi connectivity index (χ3v) is 5.68. The van der Waals surface area contributed by atoms with Gasteiger partial charge in [-0.15, -0.1) is 0 Å². The molecule has 1 saturated carbocycles. The molecule has 154 valence electrons. The third kappa shape index (κ3) is 4.88. The van der Waals surface area contributed by atoms with Gasteiger partial charge in [-0.25, -0.2) is 4.79 Å². The molecule has 2 atom stereocenters. The molecule has 28 heavy (non-hydrogen) atoms. The number of likely N-dealkylation sites (tertiary alicyclic amines) is 1. The van der Waals surface area contributed by atoms with Crippen LogP contribution in [-0.2, 0) is 4.79 Å². The van der Waals surface area contributed by atoms with Gasteiger partial charge < -0.3 is 24.8 Å². The SMILES string of the molecule is COc1cc(C(C)NC(=O)N2CCCC(C(=O)O)C2)ccc1OC1CCCC1. The number of ether oxygens (including phenoxy) is 2. The number of carboxylic acids is 1. The number of carbonyl (C=O) groups is 2. The van der Waals surface area contributed by atoms with Crippen LogP contribution in [0.5, 0.6) is 11.5 Å². The van der Waals surface area contributed by atoms with E-state index in [1.165, 1.54) is 12.8 Å². The molecule has 1 aliphatic carbocycles. The van der Waals surface area contributed by atoms with Gasteiger partial charge in [0.1, 0.15) is 0 Å². The Kier molecular flexibility index (Phi) is 6.65. The van der Waals surface area contributed by atoms with Crippen molar-refractivity contribution in [3.63, 3.8) is 0 Å². The Morgan fingerprint density at radius 1 is 1.18 bits per heavy atom. The van der Waals surface area contributed by atoms with E-state index in [9.17, 15) is 14.7 Å². The molecule has 7 heteroatoms. The zero-order valence-electron chi connectivity index (χ0n) is 16.6. The predicted molar refractivity (Wildman–Crippen MR) is 105 cm³/mol. The van der Waals surface area contributed by atoms with Crippen LogP contribution in [0, 0.1) is 5.92 Å².